The van der Waals surface area contributed by atoms with Crippen LogP contribution in [-0.2, 0) is 0 Å². The van der Waals surface area contributed by atoms with E-state index in [0.717, 1.165) is 16.7 Å². The van der Waals surface area contributed by atoms with E-state index >= 15 is 0 Å². The summed E-state index contributed by atoms with van der Waals surface area (Å²) in [5, 5.41) is 3.11. The SMILES string of the molecule is Cc1cc2cc(/N=C(/N)NC(N)=O)ccc2o1. The van der Waals surface area contributed by atoms with E-state index in [9.17, 15) is 4.79 Å². The standard InChI is InChI=1S/C11H12N4O2/c1-6-4-7-5-8(2-3-9(7)17-6)14-10(12)15-11(13)16/h2-5H,1H3,(H5,12,13,14,15,16). The molecule has 1 aromatic heterocycles. The van der Waals surface area contributed by atoms with Gasteiger partial charge in [-0.3, -0.25) is 5.32 Å². The van der Waals surface area contributed by atoms with Crippen molar-refractivity contribution in [2.75, 3.05) is 0 Å². The molecule has 0 aliphatic carbocycles. The molecular formula is C11H12N4O2. The molecule has 2 aromatic rings. The number of aryl methyl sites for hydroxylation is 1. The smallest absolute Gasteiger partial charge is 0.318 e. The summed E-state index contributed by atoms with van der Waals surface area (Å²) < 4.78 is 5.42. The number of nitrogens with zero attached hydrogens (tertiary/aromatic N) is 1. The van der Waals surface area contributed by atoms with Crippen LogP contribution in [0.1, 0.15) is 5.76 Å². The van der Waals surface area contributed by atoms with Gasteiger partial charge < -0.3 is 15.9 Å². The monoisotopic (exact) mass is 232 g/mol. The molecule has 1 heterocycles. The minimum Gasteiger partial charge on any atom is -0.461 e. The molecule has 0 aliphatic rings. The van der Waals surface area contributed by atoms with E-state index in [1.165, 1.54) is 0 Å². The lowest BCUT2D eigenvalue weighted by molar-refractivity contribution is 0.253. The zero-order chi connectivity index (χ0) is 12.4. The van der Waals surface area contributed by atoms with Gasteiger partial charge in [-0.05, 0) is 31.2 Å². The maximum atomic E-state index is 10.6. The molecule has 5 N–H and O–H groups in total. The Morgan fingerprint density at radius 3 is 2.82 bits per heavy atom. The van der Waals surface area contributed by atoms with Gasteiger partial charge in [0.1, 0.15) is 11.3 Å². The van der Waals surface area contributed by atoms with Gasteiger partial charge in [0.2, 0.25) is 5.96 Å². The van der Waals surface area contributed by atoms with Gasteiger partial charge in [-0.1, -0.05) is 0 Å². The van der Waals surface area contributed by atoms with E-state index in [2.05, 4.69) is 10.3 Å². The Balaban J connectivity index is 2.33. The molecule has 0 aliphatic heterocycles. The number of nitrogens with two attached hydrogens (primary N) is 2. The van der Waals surface area contributed by atoms with Crippen LogP contribution >= 0.6 is 0 Å². The summed E-state index contributed by atoms with van der Waals surface area (Å²) in [6, 6.07) is 6.49. The lowest BCUT2D eigenvalue weighted by atomic mass is 10.2. The number of nitrogens with one attached hydrogen (secondary N) is 1. The Morgan fingerprint density at radius 1 is 1.35 bits per heavy atom. The highest BCUT2D eigenvalue weighted by Crippen LogP contribution is 2.23. The van der Waals surface area contributed by atoms with E-state index in [1.807, 2.05) is 13.0 Å². The number of hydrogen-bond acceptors (Lipinski definition) is 3. The number of hydrogen-bond donors (Lipinski definition) is 3. The minimum absolute atomic E-state index is 0.0444. The van der Waals surface area contributed by atoms with Crippen molar-refractivity contribution in [2.24, 2.45) is 16.5 Å². The Kier molecular flexibility index (Phi) is 2.70. The molecule has 17 heavy (non-hydrogen) atoms. The van der Waals surface area contributed by atoms with Gasteiger partial charge in [-0.2, -0.15) is 0 Å². The van der Waals surface area contributed by atoms with Crippen molar-refractivity contribution in [3.05, 3.63) is 30.0 Å². The molecule has 0 saturated carbocycles. The molecule has 88 valence electrons. The summed E-state index contributed by atoms with van der Waals surface area (Å²) in [5.74, 6) is 0.779. The summed E-state index contributed by atoms with van der Waals surface area (Å²) >= 11 is 0. The number of urea groups is 1. The van der Waals surface area contributed by atoms with Gasteiger partial charge in [0.25, 0.3) is 0 Å². The number of fused-ring (bicyclic) bond motifs is 1. The Morgan fingerprint density at radius 2 is 2.12 bits per heavy atom. The first-order valence-corrected chi connectivity index (χ1v) is 4.95. The fraction of sp³-hybridized carbons (Fsp3) is 0.0909. The van der Waals surface area contributed by atoms with Crippen molar-refractivity contribution in [3.8, 4) is 0 Å². The molecule has 0 unspecified atom stereocenters. The Hall–Kier alpha value is -2.50. The van der Waals surface area contributed by atoms with Crippen LogP contribution in [0.3, 0.4) is 0 Å². The minimum atomic E-state index is -0.744. The molecule has 0 fully saturated rings. The quantitative estimate of drug-likeness (QED) is 0.510. The number of primary amides is 1. The highest BCUT2D eigenvalue weighted by atomic mass is 16.3. The molecule has 2 amide bonds. The van der Waals surface area contributed by atoms with E-state index in [1.54, 1.807) is 18.2 Å². The van der Waals surface area contributed by atoms with Crippen molar-refractivity contribution >= 4 is 28.6 Å². The number of amides is 2. The van der Waals surface area contributed by atoms with Gasteiger partial charge in [0.05, 0.1) is 5.69 Å². The lowest BCUT2D eigenvalue weighted by Gasteiger charge is -2.00. The van der Waals surface area contributed by atoms with Crippen LogP contribution in [0.2, 0.25) is 0 Å². The highest BCUT2D eigenvalue weighted by molar-refractivity contribution is 5.96. The normalized spacial score (nSPS) is 11.7. The largest absolute Gasteiger partial charge is 0.461 e. The Bertz CT molecular complexity index is 601. The summed E-state index contributed by atoms with van der Waals surface area (Å²) in [6.45, 7) is 1.87. The first-order valence-electron chi connectivity index (χ1n) is 4.95. The summed E-state index contributed by atoms with van der Waals surface area (Å²) in [7, 11) is 0. The van der Waals surface area contributed by atoms with Crippen LogP contribution in [0.4, 0.5) is 10.5 Å². The zero-order valence-corrected chi connectivity index (χ0v) is 9.23. The van der Waals surface area contributed by atoms with Crippen LogP contribution in [0.5, 0.6) is 0 Å². The number of aliphatic imine (C=N–C) groups is 1. The predicted molar refractivity (Wildman–Crippen MR) is 65.0 cm³/mol. The molecule has 1 aromatic carbocycles. The molecule has 0 atom stereocenters. The van der Waals surface area contributed by atoms with Crippen LogP contribution in [0.25, 0.3) is 11.0 Å². The zero-order valence-electron chi connectivity index (χ0n) is 9.23. The summed E-state index contributed by atoms with van der Waals surface area (Å²) in [4.78, 5) is 14.6. The number of furan rings is 1. The average Bonchev–Trinajstić information content (AvgIpc) is 2.55. The summed E-state index contributed by atoms with van der Waals surface area (Å²) in [6.07, 6.45) is 0. The molecule has 0 radical (unpaired) electrons. The topological polar surface area (TPSA) is 107 Å². The van der Waals surface area contributed by atoms with Crippen LogP contribution in [0, 0.1) is 6.92 Å². The molecule has 0 saturated heterocycles. The third kappa shape index (κ3) is 2.54. The molecule has 2 rings (SSSR count). The number of benzene rings is 1. The van der Waals surface area contributed by atoms with Crippen LogP contribution in [0.15, 0.2) is 33.7 Å². The van der Waals surface area contributed by atoms with E-state index in [-0.39, 0.29) is 5.96 Å². The van der Waals surface area contributed by atoms with E-state index in [4.69, 9.17) is 15.9 Å². The van der Waals surface area contributed by atoms with Gasteiger partial charge >= 0.3 is 6.03 Å². The van der Waals surface area contributed by atoms with Crippen molar-refractivity contribution in [3.63, 3.8) is 0 Å². The molecule has 0 spiro atoms. The molecule has 0 bridgehead atoms. The Labute approximate surface area is 97.3 Å². The number of rotatable bonds is 1. The van der Waals surface area contributed by atoms with E-state index in [0.29, 0.717) is 5.69 Å². The first kappa shape index (κ1) is 11.0. The van der Waals surface area contributed by atoms with Crippen LogP contribution < -0.4 is 16.8 Å². The second-order valence-corrected chi connectivity index (χ2v) is 3.57. The molecule has 6 heteroatoms. The first-order chi connectivity index (χ1) is 8.04. The molecule has 6 nitrogen and oxygen atoms in total. The van der Waals surface area contributed by atoms with Gasteiger partial charge in [-0.15, -0.1) is 0 Å². The van der Waals surface area contributed by atoms with Crippen LogP contribution in [-0.4, -0.2) is 12.0 Å². The number of carbonyl (C=O) groups is 1. The number of guanidine groups is 1. The van der Waals surface area contributed by atoms with Gasteiger partial charge in [0.15, 0.2) is 0 Å². The van der Waals surface area contributed by atoms with Gasteiger partial charge in [-0.25, -0.2) is 9.79 Å². The summed E-state index contributed by atoms with van der Waals surface area (Å²) in [5.41, 5.74) is 11.8. The van der Waals surface area contributed by atoms with Gasteiger partial charge in [0, 0.05) is 5.39 Å². The van der Waals surface area contributed by atoms with Crippen molar-refractivity contribution in [2.45, 2.75) is 6.92 Å². The molecular weight excluding hydrogens is 220 g/mol. The third-order valence-electron chi connectivity index (χ3n) is 2.12. The second kappa shape index (κ2) is 4.17. The maximum absolute atomic E-state index is 10.6. The van der Waals surface area contributed by atoms with Crippen molar-refractivity contribution in [1.82, 2.24) is 5.32 Å². The van der Waals surface area contributed by atoms with Crippen molar-refractivity contribution in [1.29, 1.82) is 0 Å². The fourth-order valence-electron chi connectivity index (χ4n) is 1.53. The predicted octanol–water partition coefficient (Wildman–Crippen LogP) is 1.36. The number of carbonyl (C=O) groups excluding carboxylic acids is 1. The maximum Gasteiger partial charge on any atom is 0.318 e. The van der Waals surface area contributed by atoms with Crippen molar-refractivity contribution < 1.29 is 9.21 Å². The average molecular weight is 232 g/mol. The highest BCUT2D eigenvalue weighted by Gasteiger charge is 2.02. The second-order valence-electron chi connectivity index (χ2n) is 3.57. The lowest BCUT2D eigenvalue weighted by Crippen LogP contribution is -2.39. The fourth-order valence-corrected chi connectivity index (χ4v) is 1.53. The third-order valence-corrected chi connectivity index (χ3v) is 2.12. The van der Waals surface area contributed by atoms with E-state index < -0.39 is 6.03 Å².